The van der Waals surface area contributed by atoms with Crippen molar-refractivity contribution in [1.29, 1.82) is 0 Å². The molecule has 1 N–H and O–H groups in total. The predicted molar refractivity (Wildman–Crippen MR) is 78.1 cm³/mol. The van der Waals surface area contributed by atoms with Gasteiger partial charge < -0.3 is 10.1 Å². The van der Waals surface area contributed by atoms with Crippen molar-refractivity contribution in [3.05, 3.63) is 28.2 Å². The number of alkyl halides is 3. The highest BCUT2D eigenvalue weighted by Crippen LogP contribution is 2.36. The summed E-state index contributed by atoms with van der Waals surface area (Å²) in [5, 5.41) is 2.71. The third-order valence-electron chi connectivity index (χ3n) is 2.42. The van der Waals surface area contributed by atoms with Crippen molar-refractivity contribution < 1.29 is 22.7 Å². The maximum absolute atomic E-state index is 12.8. The van der Waals surface area contributed by atoms with Gasteiger partial charge in [-0.2, -0.15) is 13.2 Å². The average molecular weight is 368 g/mol. The molecule has 118 valence electrons. The monoisotopic (exact) mass is 367 g/mol. The van der Waals surface area contributed by atoms with E-state index in [1.807, 2.05) is 0 Å². The molecule has 0 aliphatic rings. The first-order chi connectivity index (χ1) is 9.40. The van der Waals surface area contributed by atoms with Gasteiger partial charge in [0.1, 0.15) is 11.6 Å². The van der Waals surface area contributed by atoms with Gasteiger partial charge in [0.15, 0.2) is 0 Å². The minimum absolute atomic E-state index is 0.0505. The molecule has 0 aliphatic heterocycles. The molecule has 0 saturated carbocycles. The van der Waals surface area contributed by atoms with E-state index >= 15 is 0 Å². The van der Waals surface area contributed by atoms with Crippen LogP contribution in [0.3, 0.4) is 0 Å². The highest BCUT2D eigenvalue weighted by molar-refractivity contribution is 9.10. The molecule has 0 amide bonds. The topological polar surface area (TPSA) is 38.3 Å². The highest BCUT2D eigenvalue weighted by atomic mass is 79.9. The zero-order valence-corrected chi connectivity index (χ0v) is 13.7. The van der Waals surface area contributed by atoms with Gasteiger partial charge in [-0.1, -0.05) is 15.9 Å². The van der Waals surface area contributed by atoms with E-state index in [9.17, 15) is 18.0 Å². The van der Waals surface area contributed by atoms with Gasteiger partial charge in [0, 0.05) is 10.2 Å². The number of hydrogen-bond acceptors (Lipinski definition) is 3. The summed E-state index contributed by atoms with van der Waals surface area (Å²) in [6.07, 6.45) is -4.47. The number of carbonyl (C=O) groups is 1. The second kappa shape index (κ2) is 6.25. The molecule has 0 aromatic heterocycles. The maximum atomic E-state index is 12.8. The molecule has 1 unspecified atom stereocenters. The number of nitrogens with one attached hydrogen (secondary N) is 1. The molecular formula is C14H17BrF3NO2. The van der Waals surface area contributed by atoms with E-state index in [2.05, 4.69) is 21.2 Å². The van der Waals surface area contributed by atoms with Crippen molar-refractivity contribution in [3.63, 3.8) is 0 Å². The Kier molecular flexibility index (Phi) is 5.30. The lowest BCUT2D eigenvalue weighted by Crippen LogP contribution is -2.34. The van der Waals surface area contributed by atoms with Crippen LogP contribution in [-0.2, 0) is 15.7 Å². The fourth-order valence-corrected chi connectivity index (χ4v) is 2.00. The molecule has 0 saturated heterocycles. The first kappa shape index (κ1) is 17.8. The SMILES string of the molecule is CC(Nc1ccc(Br)c(C(F)(F)F)c1)C(=O)OC(C)(C)C. The largest absolute Gasteiger partial charge is 0.458 e. The molecule has 1 rings (SSSR count). The minimum atomic E-state index is -4.47. The van der Waals surface area contributed by atoms with Crippen LogP contribution in [-0.4, -0.2) is 17.6 Å². The Bertz CT molecular complexity index is 524. The molecule has 0 spiro atoms. The summed E-state index contributed by atoms with van der Waals surface area (Å²) < 4.78 is 43.5. The summed E-state index contributed by atoms with van der Waals surface area (Å²) in [7, 11) is 0. The van der Waals surface area contributed by atoms with Crippen LogP contribution < -0.4 is 5.32 Å². The molecule has 1 aromatic carbocycles. The van der Waals surface area contributed by atoms with Gasteiger partial charge in [-0.05, 0) is 45.9 Å². The van der Waals surface area contributed by atoms with Gasteiger partial charge in [-0.3, -0.25) is 0 Å². The number of esters is 1. The third kappa shape index (κ3) is 5.57. The van der Waals surface area contributed by atoms with E-state index in [0.29, 0.717) is 0 Å². The fourth-order valence-electron chi connectivity index (χ4n) is 1.53. The van der Waals surface area contributed by atoms with Crippen LogP contribution in [0, 0.1) is 0 Å². The van der Waals surface area contributed by atoms with Gasteiger partial charge >= 0.3 is 12.1 Å². The van der Waals surface area contributed by atoms with Crippen LogP contribution in [0.15, 0.2) is 22.7 Å². The van der Waals surface area contributed by atoms with E-state index in [1.54, 1.807) is 20.8 Å². The van der Waals surface area contributed by atoms with E-state index in [0.717, 1.165) is 6.07 Å². The standard InChI is InChI=1S/C14H17BrF3NO2/c1-8(12(20)21-13(2,3)4)19-9-5-6-11(15)10(7-9)14(16,17)18/h5-8,19H,1-4H3. The Labute approximate surface area is 130 Å². The second-order valence-electron chi connectivity index (χ2n) is 5.59. The number of rotatable bonds is 3. The zero-order valence-electron chi connectivity index (χ0n) is 12.1. The van der Waals surface area contributed by atoms with Crippen LogP contribution in [0.1, 0.15) is 33.3 Å². The Balaban J connectivity index is 2.87. The number of hydrogen-bond donors (Lipinski definition) is 1. The summed E-state index contributed by atoms with van der Waals surface area (Å²) in [5.41, 5.74) is -1.25. The first-order valence-electron chi connectivity index (χ1n) is 6.26. The second-order valence-corrected chi connectivity index (χ2v) is 6.45. The molecule has 0 fully saturated rings. The van der Waals surface area contributed by atoms with Gasteiger partial charge in [0.05, 0.1) is 5.56 Å². The number of benzene rings is 1. The van der Waals surface area contributed by atoms with Crippen molar-refractivity contribution in [2.75, 3.05) is 5.32 Å². The Morgan fingerprint density at radius 1 is 1.29 bits per heavy atom. The van der Waals surface area contributed by atoms with Crippen LogP contribution in [0.25, 0.3) is 0 Å². The number of carbonyl (C=O) groups excluding carboxylic acids is 1. The van der Waals surface area contributed by atoms with E-state index in [4.69, 9.17) is 4.74 Å². The van der Waals surface area contributed by atoms with Crippen LogP contribution >= 0.6 is 15.9 Å². The summed E-state index contributed by atoms with van der Waals surface area (Å²) in [6, 6.07) is 2.93. The molecule has 7 heteroatoms. The zero-order chi connectivity index (χ0) is 16.4. The molecular weight excluding hydrogens is 351 g/mol. The lowest BCUT2D eigenvalue weighted by molar-refractivity contribution is -0.155. The Morgan fingerprint density at radius 2 is 1.86 bits per heavy atom. The van der Waals surface area contributed by atoms with Crippen LogP contribution in [0.5, 0.6) is 0 Å². The van der Waals surface area contributed by atoms with E-state index < -0.39 is 29.4 Å². The molecule has 3 nitrogen and oxygen atoms in total. The Morgan fingerprint density at radius 3 is 2.33 bits per heavy atom. The molecule has 1 atom stereocenters. The molecule has 0 heterocycles. The molecule has 0 aliphatic carbocycles. The van der Waals surface area contributed by atoms with Crippen LogP contribution in [0.2, 0.25) is 0 Å². The number of anilines is 1. The predicted octanol–water partition coefficient (Wildman–Crippen LogP) is 4.61. The van der Waals surface area contributed by atoms with E-state index in [-0.39, 0.29) is 10.2 Å². The van der Waals surface area contributed by atoms with Gasteiger partial charge in [-0.15, -0.1) is 0 Å². The van der Waals surface area contributed by atoms with Crippen molar-refractivity contribution in [1.82, 2.24) is 0 Å². The summed E-state index contributed by atoms with van der Waals surface area (Å²) in [6.45, 7) is 6.69. The molecule has 1 aromatic rings. The summed E-state index contributed by atoms with van der Waals surface area (Å²) in [4.78, 5) is 11.8. The quantitative estimate of drug-likeness (QED) is 0.792. The van der Waals surface area contributed by atoms with E-state index in [1.165, 1.54) is 19.1 Å². The number of ether oxygens (including phenoxy) is 1. The lowest BCUT2D eigenvalue weighted by atomic mass is 10.1. The van der Waals surface area contributed by atoms with Crippen molar-refractivity contribution in [2.45, 2.75) is 45.5 Å². The summed E-state index contributed by atoms with van der Waals surface area (Å²) in [5.74, 6) is -0.529. The molecule has 21 heavy (non-hydrogen) atoms. The maximum Gasteiger partial charge on any atom is 0.417 e. The lowest BCUT2D eigenvalue weighted by Gasteiger charge is -2.23. The highest BCUT2D eigenvalue weighted by Gasteiger charge is 2.33. The molecule has 0 bridgehead atoms. The molecule has 0 radical (unpaired) electrons. The fraction of sp³-hybridized carbons (Fsp3) is 0.500. The Hall–Kier alpha value is -1.24. The van der Waals surface area contributed by atoms with Gasteiger partial charge in [-0.25, -0.2) is 4.79 Å². The smallest absolute Gasteiger partial charge is 0.417 e. The average Bonchev–Trinajstić information content (AvgIpc) is 2.27. The van der Waals surface area contributed by atoms with Gasteiger partial charge in [0.25, 0.3) is 0 Å². The van der Waals surface area contributed by atoms with Crippen molar-refractivity contribution in [2.24, 2.45) is 0 Å². The van der Waals surface area contributed by atoms with Crippen molar-refractivity contribution in [3.8, 4) is 0 Å². The van der Waals surface area contributed by atoms with Gasteiger partial charge in [0.2, 0.25) is 0 Å². The summed E-state index contributed by atoms with van der Waals surface area (Å²) >= 11 is 2.86. The van der Waals surface area contributed by atoms with Crippen LogP contribution in [0.4, 0.5) is 18.9 Å². The normalized spacial score (nSPS) is 13.7. The first-order valence-corrected chi connectivity index (χ1v) is 7.05. The van der Waals surface area contributed by atoms with Crippen molar-refractivity contribution >= 4 is 27.6 Å². The minimum Gasteiger partial charge on any atom is -0.458 e. The number of halogens is 4. The third-order valence-corrected chi connectivity index (χ3v) is 3.11.